The van der Waals surface area contributed by atoms with E-state index >= 15 is 0 Å². The van der Waals surface area contributed by atoms with E-state index in [-0.39, 0.29) is 0 Å². The van der Waals surface area contributed by atoms with Crippen LogP contribution in [0.2, 0.25) is 0 Å². The van der Waals surface area contributed by atoms with E-state index in [2.05, 4.69) is 110 Å². The van der Waals surface area contributed by atoms with Crippen LogP contribution in [-0.2, 0) is 0 Å². The Morgan fingerprint density at radius 3 is 1.98 bits per heavy atom. The SMILES string of the molecule is Cc1cc(-c2cnc3c4ccccc4c4ccccc4c3n2)cc(-c2cccc3c2oc2c3ccc3oc4ccccc4c32)c1. The number of para-hydroxylation sites is 2. The number of rotatable bonds is 2. The predicted molar refractivity (Wildman–Crippen MR) is 185 cm³/mol. The number of hydrogen-bond acceptors (Lipinski definition) is 4. The van der Waals surface area contributed by atoms with Crippen molar-refractivity contribution in [2.45, 2.75) is 6.92 Å². The Bertz CT molecular complexity index is 2800. The van der Waals surface area contributed by atoms with Gasteiger partial charge in [-0.05, 0) is 59.2 Å². The van der Waals surface area contributed by atoms with Gasteiger partial charge in [-0.15, -0.1) is 0 Å². The van der Waals surface area contributed by atoms with Gasteiger partial charge in [-0.1, -0.05) is 91.0 Å². The lowest BCUT2D eigenvalue weighted by atomic mass is 9.96. The molecule has 4 heteroatoms. The molecule has 4 nitrogen and oxygen atoms in total. The molecule has 0 aliphatic carbocycles. The summed E-state index contributed by atoms with van der Waals surface area (Å²) in [5.74, 6) is 0. The highest BCUT2D eigenvalue weighted by atomic mass is 16.3. The molecule has 0 N–H and O–H groups in total. The van der Waals surface area contributed by atoms with Gasteiger partial charge in [0, 0.05) is 38.1 Å². The molecule has 0 amide bonds. The fraction of sp³-hybridized carbons (Fsp3) is 0.0244. The topological polar surface area (TPSA) is 52.1 Å². The number of aryl methyl sites for hydroxylation is 1. The maximum atomic E-state index is 6.76. The van der Waals surface area contributed by atoms with E-state index in [0.29, 0.717) is 0 Å². The third-order valence-corrected chi connectivity index (χ3v) is 9.12. The van der Waals surface area contributed by atoms with Crippen LogP contribution in [0.4, 0.5) is 0 Å². The molecule has 0 radical (unpaired) electrons. The van der Waals surface area contributed by atoms with Crippen molar-refractivity contribution in [1.29, 1.82) is 0 Å². The molecule has 0 saturated carbocycles. The molecule has 0 saturated heterocycles. The number of nitrogens with zero attached hydrogens (tertiary/aromatic N) is 2. The van der Waals surface area contributed by atoms with Crippen LogP contribution < -0.4 is 0 Å². The Labute approximate surface area is 257 Å². The largest absolute Gasteiger partial charge is 0.456 e. The molecule has 0 bridgehead atoms. The molecule has 10 rings (SSSR count). The highest BCUT2D eigenvalue weighted by Crippen LogP contribution is 2.42. The van der Waals surface area contributed by atoms with Crippen LogP contribution in [0.25, 0.3) is 98.8 Å². The van der Waals surface area contributed by atoms with E-state index in [4.69, 9.17) is 18.8 Å². The molecule has 7 aromatic carbocycles. The minimum Gasteiger partial charge on any atom is -0.456 e. The second-order valence-electron chi connectivity index (χ2n) is 11.8. The van der Waals surface area contributed by atoms with Crippen molar-refractivity contribution in [2.75, 3.05) is 0 Å². The summed E-state index contributed by atoms with van der Waals surface area (Å²) in [6.45, 7) is 2.13. The van der Waals surface area contributed by atoms with Crippen molar-refractivity contribution in [3.8, 4) is 22.4 Å². The number of fused-ring (bicyclic) bond motifs is 13. The summed E-state index contributed by atoms with van der Waals surface area (Å²) in [5.41, 5.74) is 10.4. The van der Waals surface area contributed by atoms with Gasteiger partial charge in [0.2, 0.25) is 0 Å². The van der Waals surface area contributed by atoms with Crippen molar-refractivity contribution < 1.29 is 8.83 Å². The van der Waals surface area contributed by atoms with Gasteiger partial charge in [0.05, 0.1) is 28.3 Å². The fourth-order valence-corrected chi connectivity index (χ4v) is 7.14. The molecule has 0 atom stereocenters. The summed E-state index contributed by atoms with van der Waals surface area (Å²) in [4.78, 5) is 10.3. The average molecular weight is 577 g/mol. The third kappa shape index (κ3) is 3.48. The molecule has 0 unspecified atom stereocenters. The number of aromatic nitrogens is 2. The molecular formula is C41H24N2O2. The summed E-state index contributed by atoms with van der Waals surface area (Å²) in [6.07, 6.45) is 1.91. The van der Waals surface area contributed by atoms with Gasteiger partial charge in [0.25, 0.3) is 0 Å². The normalized spacial score (nSPS) is 12.1. The second-order valence-corrected chi connectivity index (χ2v) is 11.8. The zero-order valence-corrected chi connectivity index (χ0v) is 24.3. The van der Waals surface area contributed by atoms with Gasteiger partial charge < -0.3 is 8.83 Å². The van der Waals surface area contributed by atoms with E-state index in [9.17, 15) is 0 Å². The standard InChI is InChI=1S/C41H24N2O2/c1-23-19-24(26-14-8-15-31-32-17-18-36-37(41(32)45-40(26)31)33-13-6-7-16-35(33)44-36)21-25(20-23)34-22-42-38-29-11-4-2-9-27(29)28-10-3-5-12-30(28)39(38)43-34/h2-22H,1H3. The van der Waals surface area contributed by atoms with Crippen LogP contribution in [0, 0.1) is 6.92 Å². The monoisotopic (exact) mass is 576 g/mol. The van der Waals surface area contributed by atoms with Crippen LogP contribution >= 0.6 is 0 Å². The summed E-state index contributed by atoms with van der Waals surface area (Å²) < 4.78 is 12.9. The number of hydrogen-bond donors (Lipinski definition) is 0. The first-order chi connectivity index (χ1) is 22.2. The first kappa shape index (κ1) is 24.4. The van der Waals surface area contributed by atoms with Crippen LogP contribution in [0.15, 0.2) is 136 Å². The molecule has 10 aromatic rings. The minimum absolute atomic E-state index is 0.831. The van der Waals surface area contributed by atoms with E-state index in [1.54, 1.807) is 0 Å². The molecule has 0 aliphatic rings. The van der Waals surface area contributed by atoms with Crippen LogP contribution in [0.1, 0.15) is 5.56 Å². The van der Waals surface area contributed by atoms with Gasteiger partial charge in [-0.2, -0.15) is 0 Å². The molecule has 45 heavy (non-hydrogen) atoms. The molecule has 0 aliphatic heterocycles. The second kappa shape index (κ2) is 9.01. The van der Waals surface area contributed by atoms with Gasteiger partial charge in [-0.25, -0.2) is 4.98 Å². The Morgan fingerprint density at radius 1 is 0.489 bits per heavy atom. The van der Waals surface area contributed by atoms with E-state index < -0.39 is 0 Å². The van der Waals surface area contributed by atoms with E-state index in [1.165, 1.54) is 10.8 Å². The molecule has 3 heterocycles. The van der Waals surface area contributed by atoms with Crippen molar-refractivity contribution in [1.82, 2.24) is 9.97 Å². The van der Waals surface area contributed by atoms with Crippen molar-refractivity contribution in [2.24, 2.45) is 0 Å². The molecule has 0 fully saturated rings. The summed E-state index contributed by atoms with van der Waals surface area (Å²) in [6, 6.07) is 42.2. The zero-order chi connectivity index (χ0) is 29.6. The first-order valence-corrected chi connectivity index (χ1v) is 15.2. The molecule has 0 spiro atoms. The van der Waals surface area contributed by atoms with Gasteiger partial charge >= 0.3 is 0 Å². The quantitative estimate of drug-likeness (QED) is 0.192. The van der Waals surface area contributed by atoms with Crippen LogP contribution in [0.5, 0.6) is 0 Å². The molecule has 3 aromatic heterocycles. The minimum atomic E-state index is 0.831. The zero-order valence-electron chi connectivity index (χ0n) is 24.3. The number of benzene rings is 7. The highest BCUT2D eigenvalue weighted by Gasteiger charge is 2.19. The molecule has 210 valence electrons. The van der Waals surface area contributed by atoms with Crippen molar-refractivity contribution in [3.63, 3.8) is 0 Å². The van der Waals surface area contributed by atoms with Crippen LogP contribution in [0.3, 0.4) is 0 Å². The maximum absolute atomic E-state index is 6.76. The van der Waals surface area contributed by atoms with Gasteiger partial charge in [0.1, 0.15) is 22.3 Å². The first-order valence-electron chi connectivity index (χ1n) is 15.2. The lowest BCUT2D eigenvalue weighted by Gasteiger charge is -2.12. The fourth-order valence-electron chi connectivity index (χ4n) is 7.14. The lowest BCUT2D eigenvalue weighted by Crippen LogP contribution is -1.93. The Balaban J connectivity index is 1.20. The van der Waals surface area contributed by atoms with Crippen molar-refractivity contribution in [3.05, 3.63) is 133 Å². The Hall–Kier alpha value is -6.00. The van der Waals surface area contributed by atoms with E-state index in [1.807, 2.05) is 24.4 Å². The Kier molecular flexibility index (Phi) is 4.89. The number of furan rings is 2. The van der Waals surface area contributed by atoms with Crippen molar-refractivity contribution >= 4 is 76.5 Å². The summed E-state index contributed by atoms with van der Waals surface area (Å²) in [5, 5.41) is 8.85. The smallest absolute Gasteiger partial charge is 0.147 e. The highest BCUT2D eigenvalue weighted by molar-refractivity contribution is 6.24. The lowest BCUT2D eigenvalue weighted by molar-refractivity contribution is 0.663. The Morgan fingerprint density at radius 2 is 1.16 bits per heavy atom. The molecular weight excluding hydrogens is 552 g/mol. The average Bonchev–Trinajstić information content (AvgIpc) is 3.66. The van der Waals surface area contributed by atoms with E-state index in [0.717, 1.165) is 93.6 Å². The summed E-state index contributed by atoms with van der Waals surface area (Å²) >= 11 is 0. The van der Waals surface area contributed by atoms with Gasteiger partial charge in [-0.3, -0.25) is 4.98 Å². The van der Waals surface area contributed by atoms with Gasteiger partial charge in [0.15, 0.2) is 0 Å². The maximum Gasteiger partial charge on any atom is 0.147 e. The van der Waals surface area contributed by atoms with Crippen LogP contribution in [-0.4, -0.2) is 9.97 Å². The predicted octanol–water partition coefficient (Wildman–Crippen LogP) is 11.4. The third-order valence-electron chi connectivity index (χ3n) is 9.12. The summed E-state index contributed by atoms with van der Waals surface area (Å²) in [7, 11) is 0.